The lowest BCUT2D eigenvalue weighted by atomic mass is 10.2. The molecule has 0 radical (unpaired) electrons. The van der Waals surface area contributed by atoms with Gasteiger partial charge in [0, 0.05) is 26.7 Å². The lowest BCUT2D eigenvalue weighted by Crippen LogP contribution is -2.36. The molecule has 7 heteroatoms. The van der Waals surface area contributed by atoms with Crippen LogP contribution in [0.4, 0.5) is 17.2 Å². The molecule has 144 valence electrons. The van der Waals surface area contributed by atoms with E-state index < -0.39 is 0 Å². The Morgan fingerprint density at radius 2 is 2.00 bits per heavy atom. The van der Waals surface area contributed by atoms with Crippen molar-refractivity contribution in [2.75, 3.05) is 50.1 Å². The zero-order chi connectivity index (χ0) is 19.1. The fourth-order valence-corrected chi connectivity index (χ4v) is 2.99. The van der Waals surface area contributed by atoms with Crippen LogP contribution in [0.2, 0.25) is 0 Å². The number of nitrogens with one attached hydrogen (secondary N) is 1. The highest BCUT2D eigenvalue weighted by atomic mass is 16.5. The summed E-state index contributed by atoms with van der Waals surface area (Å²) in [4.78, 5) is 25.0. The van der Waals surface area contributed by atoms with E-state index in [2.05, 4.69) is 33.2 Å². The van der Waals surface area contributed by atoms with Crippen molar-refractivity contribution >= 4 is 23.1 Å². The van der Waals surface area contributed by atoms with Crippen LogP contribution in [0.15, 0.2) is 36.7 Å². The van der Waals surface area contributed by atoms with E-state index in [-0.39, 0.29) is 5.91 Å². The van der Waals surface area contributed by atoms with Gasteiger partial charge in [0.2, 0.25) is 0 Å². The third-order valence-corrected chi connectivity index (χ3v) is 4.58. The standard InChI is InChI=1S/C20H27N5O2/c1-3-4-9-24(2)20(26)17-14-22-19(15-21-17)23-16-7-5-6-8-18(16)25-10-12-27-13-11-25/h5-8,14-15H,3-4,9-13H2,1-2H3,(H,22,23). The average Bonchev–Trinajstić information content (AvgIpc) is 2.73. The molecule has 1 aromatic heterocycles. The average molecular weight is 369 g/mol. The number of aromatic nitrogens is 2. The molecule has 27 heavy (non-hydrogen) atoms. The van der Waals surface area contributed by atoms with E-state index in [4.69, 9.17) is 4.74 Å². The first kappa shape index (κ1) is 19.1. The molecule has 0 saturated carbocycles. The normalized spacial score (nSPS) is 14.1. The number of nitrogens with zero attached hydrogens (tertiary/aromatic N) is 4. The molecule has 2 heterocycles. The highest BCUT2D eigenvalue weighted by molar-refractivity contribution is 5.92. The fraction of sp³-hybridized carbons (Fsp3) is 0.450. The first-order chi connectivity index (χ1) is 13.2. The van der Waals surface area contributed by atoms with Crippen molar-refractivity contribution in [3.05, 3.63) is 42.4 Å². The molecule has 1 saturated heterocycles. The molecule has 0 unspecified atom stereocenters. The summed E-state index contributed by atoms with van der Waals surface area (Å²) in [5.74, 6) is 0.514. The third-order valence-electron chi connectivity index (χ3n) is 4.58. The van der Waals surface area contributed by atoms with Crippen molar-refractivity contribution in [1.82, 2.24) is 14.9 Å². The minimum Gasteiger partial charge on any atom is -0.378 e. The van der Waals surface area contributed by atoms with Gasteiger partial charge in [-0.2, -0.15) is 0 Å². The van der Waals surface area contributed by atoms with E-state index in [0.717, 1.165) is 57.1 Å². The highest BCUT2D eigenvalue weighted by Crippen LogP contribution is 2.28. The van der Waals surface area contributed by atoms with Gasteiger partial charge in [-0.15, -0.1) is 0 Å². The van der Waals surface area contributed by atoms with Crippen LogP contribution in [0, 0.1) is 0 Å². The smallest absolute Gasteiger partial charge is 0.273 e. The van der Waals surface area contributed by atoms with Crippen molar-refractivity contribution in [3.8, 4) is 0 Å². The van der Waals surface area contributed by atoms with Gasteiger partial charge < -0.3 is 19.9 Å². The highest BCUT2D eigenvalue weighted by Gasteiger charge is 2.16. The van der Waals surface area contributed by atoms with E-state index >= 15 is 0 Å². The molecule has 0 spiro atoms. The Morgan fingerprint density at radius 1 is 1.22 bits per heavy atom. The van der Waals surface area contributed by atoms with Crippen LogP contribution in [-0.2, 0) is 4.74 Å². The molecule has 2 aromatic rings. The number of hydrogen-bond donors (Lipinski definition) is 1. The van der Waals surface area contributed by atoms with Crippen molar-refractivity contribution in [1.29, 1.82) is 0 Å². The number of carbonyl (C=O) groups is 1. The summed E-state index contributed by atoms with van der Waals surface area (Å²) in [6.45, 7) is 6.02. The fourth-order valence-electron chi connectivity index (χ4n) is 2.99. The van der Waals surface area contributed by atoms with Gasteiger partial charge >= 0.3 is 0 Å². The van der Waals surface area contributed by atoms with Crippen molar-refractivity contribution in [2.45, 2.75) is 19.8 Å². The monoisotopic (exact) mass is 369 g/mol. The van der Waals surface area contributed by atoms with Gasteiger partial charge in [0.25, 0.3) is 5.91 Å². The maximum absolute atomic E-state index is 12.4. The lowest BCUT2D eigenvalue weighted by Gasteiger charge is -2.30. The Bertz CT molecular complexity index is 744. The third kappa shape index (κ3) is 4.95. The molecule has 1 aliphatic rings. The maximum Gasteiger partial charge on any atom is 0.273 e. The summed E-state index contributed by atoms with van der Waals surface area (Å²) < 4.78 is 5.44. The van der Waals surface area contributed by atoms with Gasteiger partial charge in [0.15, 0.2) is 0 Å². The molecule has 0 aliphatic carbocycles. The van der Waals surface area contributed by atoms with Crippen LogP contribution in [0.25, 0.3) is 0 Å². The second kappa shape index (κ2) is 9.32. The molecule has 1 fully saturated rings. The van der Waals surface area contributed by atoms with Crippen molar-refractivity contribution < 1.29 is 9.53 Å². The molecule has 0 bridgehead atoms. The van der Waals surface area contributed by atoms with Crippen molar-refractivity contribution in [2.24, 2.45) is 0 Å². The van der Waals surface area contributed by atoms with Crippen LogP contribution < -0.4 is 10.2 Å². The molecule has 3 rings (SSSR count). The van der Waals surface area contributed by atoms with Crippen LogP contribution >= 0.6 is 0 Å². The SMILES string of the molecule is CCCCN(C)C(=O)c1cnc(Nc2ccccc2N2CCOCC2)cn1. The first-order valence-electron chi connectivity index (χ1n) is 9.45. The number of amides is 1. The van der Waals surface area contributed by atoms with Gasteiger partial charge in [-0.1, -0.05) is 25.5 Å². The van der Waals surface area contributed by atoms with E-state index in [9.17, 15) is 4.79 Å². The molecule has 1 amide bonds. The van der Waals surface area contributed by atoms with Gasteiger partial charge in [-0.05, 0) is 18.6 Å². The van der Waals surface area contributed by atoms with Crippen LogP contribution in [0.3, 0.4) is 0 Å². The minimum absolute atomic E-state index is 0.101. The number of carbonyl (C=O) groups excluding carboxylic acids is 1. The summed E-state index contributed by atoms with van der Waals surface area (Å²) in [6.07, 6.45) is 5.17. The number of para-hydroxylation sites is 2. The molecule has 7 nitrogen and oxygen atoms in total. The summed E-state index contributed by atoms with van der Waals surface area (Å²) in [5, 5.41) is 3.32. The quantitative estimate of drug-likeness (QED) is 0.809. The number of morpholine rings is 1. The number of ether oxygens (including phenoxy) is 1. The minimum atomic E-state index is -0.101. The Kier molecular flexibility index (Phi) is 6.59. The van der Waals surface area contributed by atoms with E-state index in [1.54, 1.807) is 18.1 Å². The second-order valence-electron chi connectivity index (χ2n) is 6.61. The van der Waals surface area contributed by atoms with Crippen LogP contribution in [0.1, 0.15) is 30.3 Å². The van der Waals surface area contributed by atoms with Crippen LogP contribution in [-0.4, -0.2) is 60.7 Å². The Balaban J connectivity index is 1.69. The summed E-state index contributed by atoms with van der Waals surface area (Å²) in [5.41, 5.74) is 2.44. The van der Waals surface area contributed by atoms with Crippen LogP contribution in [0.5, 0.6) is 0 Å². The predicted octanol–water partition coefficient (Wildman–Crippen LogP) is 2.93. The number of anilines is 3. The van der Waals surface area contributed by atoms with Gasteiger partial charge in [0.1, 0.15) is 11.5 Å². The molecular formula is C20H27N5O2. The zero-order valence-corrected chi connectivity index (χ0v) is 16.0. The Labute approximate surface area is 160 Å². The summed E-state index contributed by atoms with van der Waals surface area (Å²) >= 11 is 0. The number of hydrogen-bond acceptors (Lipinski definition) is 6. The van der Waals surface area contributed by atoms with E-state index in [0.29, 0.717) is 11.5 Å². The summed E-state index contributed by atoms with van der Waals surface area (Å²) in [6, 6.07) is 8.11. The number of unbranched alkanes of at least 4 members (excludes halogenated alkanes) is 1. The molecular weight excluding hydrogens is 342 g/mol. The topological polar surface area (TPSA) is 70.6 Å². The summed E-state index contributed by atoms with van der Waals surface area (Å²) in [7, 11) is 1.80. The zero-order valence-electron chi connectivity index (χ0n) is 16.0. The second-order valence-corrected chi connectivity index (χ2v) is 6.61. The first-order valence-corrected chi connectivity index (χ1v) is 9.45. The van der Waals surface area contributed by atoms with Gasteiger partial charge in [0.05, 0.1) is 37.0 Å². The molecule has 1 aromatic carbocycles. The number of rotatable bonds is 7. The van der Waals surface area contributed by atoms with Gasteiger partial charge in [-0.25, -0.2) is 9.97 Å². The largest absolute Gasteiger partial charge is 0.378 e. The lowest BCUT2D eigenvalue weighted by molar-refractivity contribution is 0.0787. The maximum atomic E-state index is 12.4. The molecule has 1 N–H and O–H groups in total. The van der Waals surface area contributed by atoms with E-state index in [1.807, 2.05) is 18.2 Å². The Morgan fingerprint density at radius 3 is 2.70 bits per heavy atom. The molecule has 1 aliphatic heterocycles. The van der Waals surface area contributed by atoms with E-state index in [1.165, 1.54) is 6.20 Å². The number of benzene rings is 1. The van der Waals surface area contributed by atoms with Gasteiger partial charge in [-0.3, -0.25) is 4.79 Å². The van der Waals surface area contributed by atoms with Crippen molar-refractivity contribution in [3.63, 3.8) is 0 Å². The predicted molar refractivity (Wildman–Crippen MR) is 107 cm³/mol. The molecule has 0 atom stereocenters. The Hall–Kier alpha value is -2.67.